The molecule has 4 heteroatoms. The summed E-state index contributed by atoms with van der Waals surface area (Å²) in [7, 11) is 0. The zero-order valence-corrected chi connectivity index (χ0v) is 13.3. The number of ketones is 1. The zero-order chi connectivity index (χ0) is 16.2. The molecule has 1 amide bonds. The van der Waals surface area contributed by atoms with Gasteiger partial charge in [-0.3, -0.25) is 9.59 Å². The summed E-state index contributed by atoms with van der Waals surface area (Å²) >= 11 is 5.84. The Labute approximate surface area is 140 Å². The molecule has 2 aromatic rings. The molecular formula is C19H16ClNO2. The Hall–Kier alpha value is -2.39. The first-order valence-corrected chi connectivity index (χ1v) is 7.90. The maximum Gasteiger partial charge on any atom is 0.227 e. The lowest BCUT2D eigenvalue weighted by molar-refractivity contribution is -0.117. The molecule has 23 heavy (non-hydrogen) atoms. The number of rotatable bonds is 4. The number of hydrogen-bond donors (Lipinski definition) is 0. The van der Waals surface area contributed by atoms with Crippen LogP contribution in [0.15, 0.2) is 54.6 Å². The van der Waals surface area contributed by atoms with Gasteiger partial charge in [0.25, 0.3) is 0 Å². The van der Waals surface area contributed by atoms with Crippen LogP contribution in [0.4, 0.5) is 5.69 Å². The van der Waals surface area contributed by atoms with E-state index in [0.29, 0.717) is 17.0 Å². The Balaban J connectivity index is 1.77. The Morgan fingerprint density at radius 2 is 1.91 bits per heavy atom. The first-order valence-electron chi connectivity index (χ1n) is 7.52. The van der Waals surface area contributed by atoms with Crippen molar-refractivity contribution in [3.8, 4) is 0 Å². The predicted molar refractivity (Wildman–Crippen MR) is 92.8 cm³/mol. The first-order chi connectivity index (χ1) is 11.1. The third-order valence-corrected chi connectivity index (χ3v) is 4.06. The summed E-state index contributed by atoms with van der Waals surface area (Å²) in [5.41, 5.74) is 2.28. The molecule has 1 fully saturated rings. The summed E-state index contributed by atoms with van der Waals surface area (Å²) < 4.78 is 0. The van der Waals surface area contributed by atoms with Gasteiger partial charge in [-0.05, 0) is 42.3 Å². The van der Waals surface area contributed by atoms with Crippen LogP contribution in [-0.2, 0) is 4.79 Å². The normalized spacial score (nSPS) is 14.7. The van der Waals surface area contributed by atoms with Crippen LogP contribution in [-0.4, -0.2) is 18.2 Å². The van der Waals surface area contributed by atoms with Gasteiger partial charge in [-0.15, -0.1) is 0 Å². The van der Waals surface area contributed by atoms with Crippen LogP contribution in [0.1, 0.15) is 28.8 Å². The van der Waals surface area contributed by atoms with E-state index in [1.807, 2.05) is 24.3 Å². The third-order valence-electron chi connectivity index (χ3n) is 3.81. The molecule has 0 radical (unpaired) electrons. The quantitative estimate of drug-likeness (QED) is 0.618. The highest BCUT2D eigenvalue weighted by molar-refractivity contribution is 6.30. The van der Waals surface area contributed by atoms with E-state index < -0.39 is 0 Å². The molecule has 116 valence electrons. The summed E-state index contributed by atoms with van der Waals surface area (Å²) in [6, 6.07) is 14.5. The van der Waals surface area contributed by atoms with Crippen molar-refractivity contribution in [1.29, 1.82) is 0 Å². The van der Waals surface area contributed by atoms with Crippen LogP contribution in [0.25, 0.3) is 6.08 Å². The minimum atomic E-state index is -0.0894. The lowest BCUT2D eigenvalue weighted by Crippen LogP contribution is -2.23. The van der Waals surface area contributed by atoms with Crippen molar-refractivity contribution in [2.45, 2.75) is 12.8 Å². The van der Waals surface area contributed by atoms with Gasteiger partial charge < -0.3 is 4.90 Å². The highest BCUT2D eigenvalue weighted by Gasteiger charge is 2.21. The Kier molecular flexibility index (Phi) is 4.58. The minimum Gasteiger partial charge on any atom is -0.312 e. The average molecular weight is 326 g/mol. The maximum atomic E-state index is 12.3. The number of amides is 1. The third kappa shape index (κ3) is 3.69. The molecule has 0 unspecified atom stereocenters. The molecular weight excluding hydrogens is 310 g/mol. The number of hydrogen-bond acceptors (Lipinski definition) is 2. The van der Waals surface area contributed by atoms with E-state index in [2.05, 4.69) is 0 Å². The van der Waals surface area contributed by atoms with E-state index in [4.69, 9.17) is 11.6 Å². The Bertz CT molecular complexity index is 765. The molecule has 1 heterocycles. The molecule has 1 aliphatic rings. The fourth-order valence-corrected chi connectivity index (χ4v) is 2.72. The zero-order valence-electron chi connectivity index (χ0n) is 12.5. The van der Waals surface area contributed by atoms with Gasteiger partial charge >= 0.3 is 0 Å². The monoisotopic (exact) mass is 325 g/mol. The molecule has 1 aliphatic heterocycles. The van der Waals surface area contributed by atoms with Gasteiger partial charge in [-0.25, -0.2) is 0 Å². The summed E-state index contributed by atoms with van der Waals surface area (Å²) in [5.74, 6) is 0.0275. The van der Waals surface area contributed by atoms with Crippen LogP contribution in [0.2, 0.25) is 5.02 Å². The molecule has 0 saturated carbocycles. The predicted octanol–water partition coefficient (Wildman–Crippen LogP) is 4.36. The molecule has 0 bridgehead atoms. The number of allylic oxidation sites excluding steroid dienone is 1. The van der Waals surface area contributed by atoms with E-state index >= 15 is 0 Å². The molecule has 1 saturated heterocycles. The van der Waals surface area contributed by atoms with Crippen LogP contribution < -0.4 is 4.90 Å². The molecule has 0 spiro atoms. The van der Waals surface area contributed by atoms with Gasteiger partial charge in [0.1, 0.15) is 0 Å². The first kappa shape index (κ1) is 15.5. The minimum absolute atomic E-state index is 0.0894. The van der Waals surface area contributed by atoms with Crippen molar-refractivity contribution in [1.82, 2.24) is 0 Å². The van der Waals surface area contributed by atoms with Crippen LogP contribution in [0, 0.1) is 0 Å². The van der Waals surface area contributed by atoms with Crippen molar-refractivity contribution in [2.75, 3.05) is 11.4 Å². The summed E-state index contributed by atoms with van der Waals surface area (Å²) in [6.07, 6.45) is 4.74. The van der Waals surface area contributed by atoms with E-state index in [0.717, 1.165) is 24.2 Å². The molecule has 2 aromatic carbocycles. The highest BCUT2D eigenvalue weighted by atomic mass is 35.5. The smallest absolute Gasteiger partial charge is 0.227 e. The van der Waals surface area contributed by atoms with Crippen LogP contribution >= 0.6 is 11.6 Å². The van der Waals surface area contributed by atoms with Gasteiger partial charge in [0, 0.05) is 29.2 Å². The summed E-state index contributed by atoms with van der Waals surface area (Å²) in [5, 5.41) is 0.663. The molecule has 3 nitrogen and oxygen atoms in total. The van der Waals surface area contributed by atoms with Crippen molar-refractivity contribution in [3.05, 3.63) is 70.8 Å². The summed E-state index contributed by atoms with van der Waals surface area (Å²) in [4.78, 5) is 25.9. The second-order valence-corrected chi connectivity index (χ2v) is 5.88. The summed E-state index contributed by atoms with van der Waals surface area (Å²) in [6.45, 7) is 0.719. The van der Waals surface area contributed by atoms with E-state index in [-0.39, 0.29) is 11.7 Å². The average Bonchev–Trinajstić information content (AvgIpc) is 3.00. The SMILES string of the molecule is O=C(C=Cc1ccc(Cl)cc1)c1cccc(N2CCCC2=O)c1. The second-order valence-electron chi connectivity index (χ2n) is 5.45. The van der Waals surface area contributed by atoms with E-state index in [1.54, 1.807) is 35.2 Å². The van der Waals surface area contributed by atoms with Crippen molar-refractivity contribution in [2.24, 2.45) is 0 Å². The Morgan fingerprint density at radius 3 is 2.61 bits per heavy atom. The molecule has 0 aliphatic carbocycles. The van der Waals surface area contributed by atoms with Crippen molar-refractivity contribution < 1.29 is 9.59 Å². The van der Waals surface area contributed by atoms with Crippen molar-refractivity contribution in [3.63, 3.8) is 0 Å². The Morgan fingerprint density at radius 1 is 1.13 bits per heavy atom. The fourth-order valence-electron chi connectivity index (χ4n) is 2.59. The van der Waals surface area contributed by atoms with E-state index in [9.17, 15) is 9.59 Å². The highest BCUT2D eigenvalue weighted by Crippen LogP contribution is 2.22. The number of nitrogens with zero attached hydrogens (tertiary/aromatic N) is 1. The maximum absolute atomic E-state index is 12.3. The van der Waals surface area contributed by atoms with Gasteiger partial charge in [-0.1, -0.05) is 41.9 Å². The van der Waals surface area contributed by atoms with Gasteiger partial charge in [0.15, 0.2) is 5.78 Å². The molecule has 0 N–H and O–H groups in total. The van der Waals surface area contributed by atoms with Crippen molar-refractivity contribution >= 4 is 35.1 Å². The van der Waals surface area contributed by atoms with E-state index in [1.165, 1.54) is 6.08 Å². The topological polar surface area (TPSA) is 37.4 Å². The fraction of sp³-hybridized carbons (Fsp3) is 0.158. The standard InChI is InChI=1S/C19H16ClNO2/c20-16-9-6-14(7-10-16)8-11-18(22)15-3-1-4-17(13-15)21-12-2-5-19(21)23/h1,3-4,6-11,13H,2,5,12H2. The largest absolute Gasteiger partial charge is 0.312 e. The number of carbonyl (C=O) groups is 2. The number of halogens is 1. The van der Waals surface area contributed by atoms with Gasteiger partial charge in [0.2, 0.25) is 5.91 Å². The lowest BCUT2D eigenvalue weighted by atomic mass is 10.1. The lowest BCUT2D eigenvalue weighted by Gasteiger charge is -2.16. The second kappa shape index (κ2) is 6.80. The molecule has 0 aromatic heterocycles. The van der Waals surface area contributed by atoms with Crippen LogP contribution in [0.3, 0.4) is 0 Å². The van der Waals surface area contributed by atoms with Gasteiger partial charge in [-0.2, -0.15) is 0 Å². The number of anilines is 1. The molecule has 3 rings (SSSR count). The van der Waals surface area contributed by atoms with Gasteiger partial charge in [0.05, 0.1) is 0 Å². The number of benzene rings is 2. The number of carbonyl (C=O) groups excluding carboxylic acids is 2. The van der Waals surface area contributed by atoms with Crippen LogP contribution in [0.5, 0.6) is 0 Å². The molecule has 0 atom stereocenters.